The molecule has 0 spiro atoms. The molecular formula is C22H20Cl2N2O3S. The van der Waals surface area contributed by atoms with Crippen molar-refractivity contribution in [1.82, 2.24) is 5.32 Å². The number of aryl methyl sites for hydroxylation is 1. The van der Waals surface area contributed by atoms with E-state index in [0.29, 0.717) is 0 Å². The number of halogens is 2. The van der Waals surface area contributed by atoms with E-state index in [2.05, 4.69) is 5.32 Å². The first-order chi connectivity index (χ1) is 14.3. The summed E-state index contributed by atoms with van der Waals surface area (Å²) in [4.78, 5) is 12.7. The highest BCUT2D eigenvalue weighted by atomic mass is 35.5. The zero-order chi connectivity index (χ0) is 21.7. The van der Waals surface area contributed by atoms with Crippen LogP contribution in [0, 0.1) is 6.92 Å². The van der Waals surface area contributed by atoms with Crippen molar-refractivity contribution in [3.8, 4) is 0 Å². The van der Waals surface area contributed by atoms with Crippen molar-refractivity contribution in [1.29, 1.82) is 0 Å². The fourth-order valence-corrected chi connectivity index (χ4v) is 4.75. The van der Waals surface area contributed by atoms with Crippen molar-refractivity contribution in [3.05, 3.63) is 94.0 Å². The summed E-state index contributed by atoms with van der Waals surface area (Å²) in [6, 6.07) is 20.0. The predicted molar refractivity (Wildman–Crippen MR) is 120 cm³/mol. The molecule has 0 aromatic heterocycles. The Morgan fingerprint density at radius 1 is 0.933 bits per heavy atom. The number of rotatable bonds is 7. The van der Waals surface area contributed by atoms with E-state index in [1.165, 1.54) is 30.3 Å². The molecule has 1 amide bonds. The van der Waals surface area contributed by atoms with Gasteiger partial charge in [-0.2, -0.15) is 0 Å². The minimum Gasteiger partial charge on any atom is -0.350 e. The number of sulfonamides is 1. The highest BCUT2D eigenvalue weighted by Crippen LogP contribution is 2.29. The Balaban J connectivity index is 1.87. The van der Waals surface area contributed by atoms with Gasteiger partial charge in [0.2, 0.25) is 5.91 Å². The lowest BCUT2D eigenvalue weighted by Crippen LogP contribution is -2.40. The molecule has 0 heterocycles. The van der Waals surface area contributed by atoms with Crippen molar-refractivity contribution in [2.24, 2.45) is 0 Å². The third kappa shape index (κ3) is 5.53. The van der Waals surface area contributed by atoms with Crippen LogP contribution in [-0.2, 0) is 21.4 Å². The minimum atomic E-state index is -4.02. The molecule has 3 aromatic rings. The summed E-state index contributed by atoms with van der Waals surface area (Å²) in [5, 5.41) is 3.30. The van der Waals surface area contributed by atoms with E-state index in [1.807, 2.05) is 31.2 Å². The van der Waals surface area contributed by atoms with Crippen LogP contribution in [-0.4, -0.2) is 20.9 Å². The van der Waals surface area contributed by atoms with Crippen molar-refractivity contribution in [2.45, 2.75) is 18.4 Å². The molecular weight excluding hydrogens is 443 g/mol. The molecule has 0 saturated heterocycles. The second-order valence-corrected chi connectivity index (χ2v) is 9.45. The van der Waals surface area contributed by atoms with Gasteiger partial charge in [0.05, 0.1) is 10.6 Å². The van der Waals surface area contributed by atoms with Gasteiger partial charge in [-0.25, -0.2) is 8.42 Å². The van der Waals surface area contributed by atoms with Crippen LogP contribution in [0.2, 0.25) is 10.0 Å². The van der Waals surface area contributed by atoms with Crippen LogP contribution < -0.4 is 9.62 Å². The average molecular weight is 463 g/mol. The Kier molecular flexibility index (Phi) is 7.02. The lowest BCUT2D eigenvalue weighted by atomic mass is 10.1. The van der Waals surface area contributed by atoms with E-state index in [-0.39, 0.29) is 27.2 Å². The Bertz CT molecular complexity index is 1110. The van der Waals surface area contributed by atoms with Gasteiger partial charge in [0.25, 0.3) is 10.0 Å². The summed E-state index contributed by atoms with van der Waals surface area (Å²) in [7, 11) is -4.02. The van der Waals surface area contributed by atoms with Gasteiger partial charge in [0, 0.05) is 16.6 Å². The maximum absolute atomic E-state index is 13.3. The topological polar surface area (TPSA) is 66.5 Å². The van der Waals surface area contributed by atoms with E-state index in [9.17, 15) is 13.2 Å². The summed E-state index contributed by atoms with van der Waals surface area (Å²) in [5.74, 6) is -0.453. The zero-order valence-corrected chi connectivity index (χ0v) is 18.5. The summed E-state index contributed by atoms with van der Waals surface area (Å²) < 4.78 is 27.5. The quantitative estimate of drug-likeness (QED) is 0.547. The molecule has 0 aliphatic carbocycles. The standard InChI is InChI=1S/C22H20Cl2N2O3S/c1-16-7-9-17(10-8-16)14-25-22(27)15-26(20-12-18(23)11-19(24)13-20)30(28,29)21-5-3-2-4-6-21/h2-13H,14-15H2,1H3,(H,25,27). The van der Waals surface area contributed by atoms with Crippen LogP contribution in [0.5, 0.6) is 0 Å². The number of carbonyl (C=O) groups excluding carboxylic acids is 1. The number of carbonyl (C=O) groups is 1. The van der Waals surface area contributed by atoms with Gasteiger partial charge in [-0.05, 0) is 42.8 Å². The molecule has 0 aliphatic heterocycles. The molecule has 0 radical (unpaired) electrons. The molecule has 5 nitrogen and oxygen atoms in total. The lowest BCUT2D eigenvalue weighted by Gasteiger charge is -2.24. The van der Waals surface area contributed by atoms with Crippen molar-refractivity contribution in [3.63, 3.8) is 0 Å². The van der Waals surface area contributed by atoms with Gasteiger partial charge >= 0.3 is 0 Å². The number of nitrogens with zero attached hydrogens (tertiary/aromatic N) is 1. The number of hydrogen-bond donors (Lipinski definition) is 1. The fraction of sp³-hybridized carbons (Fsp3) is 0.136. The molecule has 1 N–H and O–H groups in total. The first-order valence-electron chi connectivity index (χ1n) is 9.12. The van der Waals surface area contributed by atoms with Gasteiger partial charge in [-0.15, -0.1) is 0 Å². The van der Waals surface area contributed by atoms with Crippen molar-refractivity contribution < 1.29 is 13.2 Å². The highest BCUT2D eigenvalue weighted by molar-refractivity contribution is 7.92. The molecule has 30 heavy (non-hydrogen) atoms. The highest BCUT2D eigenvalue weighted by Gasteiger charge is 2.27. The van der Waals surface area contributed by atoms with E-state index in [0.717, 1.165) is 15.4 Å². The van der Waals surface area contributed by atoms with Gasteiger partial charge < -0.3 is 5.32 Å². The molecule has 0 aliphatic rings. The smallest absolute Gasteiger partial charge is 0.264 e. The molecule has 0 saturated carbocycles. The number of amides is 1. The van der Waals surface area contributed by atoms with Crippen LogP contribution in [0.15, 0.2) is 77.7 Å². The fourth-order valence-electron chi connectivity index (χ4n) is 2.81. The summed E-state index contributed by atoms with van der Waals surface area (Å²) in [6.45, 7) is 1.85. The summed E-state index contributed by atoms with van der Waals surface area (Å²) in [6.07, 6.45) is 0. The monoisotopic (exact) mass is 462 g/mol. The van der Waals surface area contributed by atoms with Crippen LogP contribution in [0.25, 0.3) is 0 Å². The van der Waals surface area contributed by atoms with Gasteiger partial charge in [0.1, 0.15) is 6.54 Å². The minimum absolute atomic E-state index is 0.0624. The number of nitrogens with one attached hydrogen (secondary N) is 1. The maximum atomic E-state index is 13.3. The molecule has 0 bridgehead atoms. The maximum Gasteiger partial charge on any atom is 0.264 e. The molecule has 3 rings (SSSR count). The van der Waals surface area contributed by atoms with Gasteiger partial charge in [-0.1, -0.05) is 71.2 Å². The lowest BCUT2D eigenvalue weighted by molar-refractivity contribution is -0.119. The largest absolute Gasteiger partial charge is 0.350 e. The SMILES string of the molecule is Cc1ccc(CNC(=O)CN(c2cc(Cl)cc(Cl)c2)S(=O)(=O)c2ccccc2)cc1. The predicted octanol–water partition coefficient (Wildman–Crippen LogP) is 4.81. The van der Waals surface area contributed by atoms with Crippen LogP contribution in [0.1, 0.15) is 11.1 Å². The second kappa shape index (κ2) is 9.51. The molecule has 0 unspecified atom stereocenters. The molecule has 0 fully saturated rings. The van der Waals surface area contributed by atoms with Crippen molar-refractivity contribution in [2.75, 3.05) is 10.8 Å². The Hall–Kier alpha value is -2.54. The number of benzene rings is 3. The zero-order valence-electron chi connectivity index (χ0n) is 16.2. The van der Waals surface area contributed by atoms with E-state index < -0.39 is 22.5 Å². The molecule has 3 aromatic carbocycles. The van der Waals surface area contributed by atoms with Crippen LogP contribution >= 0.6 is 23.2 Å². The number of hydrogen-bond acceptors (Lipinski definition) is 3. The molecule has 8 heteroatoms. The normalized spacial score (nSPS) is 11.2. The Morgan fingerprint density at radius 3 is 2.13 bits per heavy atom. The molecule has 156 valence electrons. The second-order valence-electron chi connectivity index (χ2n) is 6.71. The van der Waals surface area contributed by atoms with E-state index >= 15 is 0 Å². The first kappa shape index (κ1) is 22.2. The van der Waals surface area contributed by atoms with Crippen LogP contribution in [0.4, 0.5) is 5.69 Å². The van der Waals surface area contributed by atoms with Gasteiger partial charge in [-0.3, -0.25) is 9.10 Å². The van der Waals surface area contributed by atoms with E-state index in [4.69, 9.17) is 23.2 Å². The average Bonchev–Trinajstić information content (AvgIpc) is 2.71. The Morgan fingerprint density at radius 2 is 1.53 bits per heavy atom. The third-order valence-corrected chi connectivity index (χ3v) is 6.59. The Labute approximate surface area is 186 Å². The van der Waals surface area contributed by atoms with Crippen molar-refractivity contribution >= 4 is 44.8 Å². The summed E-state index contributed by atoms with van der Waals surface area (Å²) >= 11 is 12.1. The first-order valence-corrected chi connectivity index (χ1v) is 11.3. The number of anilines is 1. The molecule has 0 atom stereocenters. The summed E-state index contributed by atoms with van der Waals surface area (Å²) in [5.41, 5.74) is 2.24. The third-order valence-electron chi connectivity index (χ3n) is 4.36. The van der Waals surface area contributed by atoms with E-state index in [1.54, 1.807) is 18.2 Å². The van der Waals surface area contributed by atoms with Gasteiger partial charge in [0.15, 0.2) is 0 Å². The van der Waals surface area contributed by atoms with Crippen LogP contribution in [0.3, 0.4) is 0 Å².